The quantitative estimate of drug-likeness (QED) is 0.0600. The predicted molar refractivity (Wildman–Crippen MR) is 249 cm³/mol. The van der Waals surface area contributed by atoms with Crippen molar-refractivity contribution in [2.24, 2.45) is 23.7 Å². The number of hydrogen-bond donors (Lipinski definition) is 2. The summed E-state index contributed by atoms with van der Waals surface area (Å²) in [6.07, 6.45) is 5.70. The second-order valence-electron chi connectivity index (χ2n) is 18.5. The molecule has 2 fully saturated rings. The van der Waals surface area contributed by atoms with Crippen molar-refractivity contribution < 1.29 is 47.9 Å². The highest BCUT2D eigenvalue weighted by molar-refractivity contribution is 7.09. The van der Waals surface area contributed by atoms with Gasteiger partial charge in [0.1, 0.15) is 10.7 Å². The zero-order valence-corrected chi connectivity index (χ0v) is 41.0. The molecule has 4 rings (SSSR count). The second-order valence-corrected chi connectivity index (χ2v) is 19.4. The molecule has 2 aliphatic heterocycles. The van der Waals surface area contributed by atoms with E-state index in [1.54, 1.807) is 24.3 Å². The maximum absolute atomic E-state index is 14.4. The van der Waals surface area contributed by atoms with Gasteiger partial charge in [0, 0.05) is 81.9 Å². The van der Waals surface area contributed by atoms with Crippen LogP contribution in [0.3, 0.4) is 0 Å². The van der Waals surface area contributed by atoms with Crippen molar-refractivity contribution in [3.63, 3.8) is 0 Å². The number of likely N-dealkylation sites (tertiary alicyclic amines) is 1. The van der Waals surface area contributed by atoms with Crippen molar-refractivity contribution in [1.82, 2.24) is 30.5 Å². The normalized spacial score (nSPS) is 18.2. The number of nitrogens with one attached hydrogen (secondary N) is 2. The first-order valence-corrected chi connectivity index (χ1v) is 24.6. The number of amides is 5. The van der Waals surface area contributed by atoms with E-state index in [0.29, 0.717) is 48.7 Å². The van der Waals surface area contributed by atoms with Crippen molar-refractivity contribution in [3.8, 4) is 0 Å². The molecule has 1 aromatic carbocycles. The fraction of sp³-hybridized carbons (Fsp3) is 0.653. The molecule has 2 saturated heterocycles. The predicted octanol–water partition coefficient (Wildman–Crippen LogP) is 6.38. The number of piperidine rings is 1. The molecule has 0 aliphatic carbocycles. The van der Waals surface area contributed by atoms with E-state index in [2.05, 4.69) is 20.5 Å². The van der Waals surface area contributed by atoms with Gasteiger partial charge in [-0.05, 0) is 69.5 Å². The summed E-state index contributed by atoms with van der Waals surface area (Å²) in [4.78, 5) is 117. The molecular weight excluding hydrogens is 865 g/mol. The molecule has 2 aromatic rings. The Bertz CT molecular complexity index is 1960. The van der Waals surface area contributed by atoms with E-state index in [-0.39, 0.29) is 79.3 Å². The first kappa shape index (κ1) is 53.6. The number of thiazole rings is 1. The Balaban J connectivity index is 1.38. The van der Waals surface area contributed by atoms with E-state index < -0.39 is 53.6 Å². The van der Waals surface area contributed by atoms with Gasteiger partial charge in [-0.1, -0.05) is 84.2 Å². The number of carbonyl (C=O) groups is 8. The van der Waals surface area contributed by atoms with Gasteiger partial charge in [-0.3, -0.25) is 38.5 Å². The molecule has 0 radical (unpaired) electrons. The highest BCUT2D eigenvalue weighted by atomic mass is 32.1. The van der Waals surface area contributed by atoms with E-state index in [0.717, 1.165) is 37.8 Å². The number of Topliss-reactive ketones (excluding diaryl/α,β-unsaturated/α-hetero) is 1. The maximum atomic E-state index is 14.4. The number of hydroxylamine groups is 2. The zero-order valence-electron chi connectivity index (χ0n) is 40.2. The summed E-state index contributed by atoms with van der Waals surface area (Å²) in [6.45, 7) is 12.4. The van der Waals surface area contributed by atoms with Gasteiger partial charge in [0.15, 0.2) is 11.9 Å². The van der Waals surface area contributed by atoms with Gasteiger partial charge in [0.2, 0.25) is 11.8 Å². The molecule has 5 amide bonds. The molecule has 2 N–H and O–H groups in total. The number of imide groups is 1. The Hall–Kier alpha value is -5.03. The number of carbonyl (C=O) groups excluding carboxylic acids is 8. The van der Waals surface area contributed by atoms with E-state index in [1.807, 2.05) is 65.1 Å². The van der Waals surface area contributed by atoms with Crippen LogP contribution in [0.4, 0.5) is 0 Å². The smallest absolute Gasteiger partial charge is 0.333 e. The molecule has 0 saturated carbocycles. The monoisotopic (exact) mass is 937 g/mol. The largest absolute Gasteiger partial charge is 0.455 e. The second kappa shape index (κ2) is 26.3. The van der Waals surface area contributed by atoms with Crippen LogP contribution in [0.5, 0.6) is 0 Å². The van der Waals surface area contributed by atoms with Crippen LogP contribution in [0.2, 0.25) is 0 Å². The summed E-state index contributed by atoms with van der Waals surface area (Å²) < 4.78 is 5.85. The van der Waals surface area contributed by atoms with Crippen molar-refractivity contribution in [2.75, 3.05) is 27.2 Å². The molecule has 364 valence electrons. The van der Waals surface area contributed by atoms with Crippen molar-refractivity contribution in [3.05, 3.63) is 52.0 Å². The Kier molecular flexibility index (Phi) is 21.4. The average molecular weight is 937 g/mol. The summed E-state index contributed by atoms with van der Waals surface area (Å²) in [5.41, 5.74) is 1.11. The van der Waals surface area contributed by atoms with Crippen molar-refractivity contribution in [1.29, 1.82) is 0 Å². The van der Waals surface area contributed by atoms with Crippen LogP contribution in [0.15, 0.2) is 35.7 Å². The fourth-order valence-electron chi connectivity index (χ4n) is 8.76. The Morgan fingerprint density at radius 1 is 0.955 bits per heavy atom. The van der Waals surface area contributed by atoms with Gasteiger partial charge in [-0.25, -0.2) is 9.78 Å². The van der Waals surface area contributed by atoms with Crippen molar-refractivity contribution in [2.45, 2.75) is 156 Å². The molecule has 66 heavy (non-hydrogen) atoms. The molecule has 0 bridgehead atoms. The lowest BCUT2D eigenvalue weighted by Gasteiger charge is -2.37. The number of likely N-dealkylation sites (N-methyl/N-ethyl adjacent to an activating group) is 1. The molecule has 7 atom stereocenters. The molecule has 1 aromatic heterocycles. The minimum Gasteiger partial charge on any atom is -0.455 e. The van der Waals surface area contributed by atoms with Gasteiger partial charge < -0.3 is 25.1 Å². The number of ether oxygens (including phenoxy) is 1. The number of nitrogens with zero attached hydrogens (tertiary/aromatic N) is 4. The first-order chi connectivity index (χ1) is 31.4. The van der Waals surface area contributed by atoms with Gasteiger partial charge in [0.05, 0.1) is 6.04 Å². The summed E-state index contributed by atoms with van der Waals surface area (Å²) in [7, 11) is 3.73. The topological polar surface area (TPSA) is 202 Å². The van der Waals surface area contributed by atoms with Crippen LogP contribution < -0.4 is 10.6 Å². The van der Waals surface area contributed by atoms with Gasteiger partial charge in [-0.15, -0.1) is 16.4 Å². The standard InChI is InChI=1S/C49H72N6O10S/c1-9-32(4)37(28-41(57)39-20-15-17-25-53(39)7)49(63)54(8)40(31(2)3)29-42(64-34(6)56)48-52-38(30-66-48)47(62)51-36(27-35-18-12-10-13-19-35)26-33(5)46(61)50-24-16-11-14-21-45(60)65-55-43(58)22-23-44(55)59/h10,12-13,18-19,30-33,36-37,39-40,42H,9,11,14-17,20-29H2,1-8H3,(H,50,61)(H,51,62)/t32-,33-,36+,37-,39+,40+,42+/m0/s1. The fourth-order valence-corrected chi connectivity index (χ4v) is 9.60. The lowest BCUT2D eigenvalue weighted by molar-refractivity contribution is -0.197. The van der Waals surface area contributed by atoms with Gasteiger partial charge in [-0.2, -0.15) is 0 Å². The SMILES string of the molecule is CC[C@H](C)[C@H](CC(=O)[C@H]1CCCCN1C)C(=O)N(C)[C@H](C[C@@H](OC(C)=O)c1nc(C(=O)N[C@@H](Cc2ccccc2)C[C@H](C)C(=O)NCCCCCC(=O)ON2C(=O)CCC2=O)cs1)C(C)C. The Morgan fingerprint density at radius 3 is 2.29 bits per heavy atom. The Labute approximate surface area is 394 Å². The Morgan fingerprint density at radius 2 is 1.65 bits per heavy atom. The molecule has 2 aliphatic rings. The average Bonchev–Trinajstić information content (AvgIpc) is 3.91. The number of esters is 1. The summed E-state index contributed by atoms with van der Waals surface area (Å²) >= 11 is 1.19. The lowest BCUT2D eigenvalue weighted by Crippen LogP contribution is -2.48. The van der Waals surface area contributed by atoms with Crippen molar-refractivity contribution >= 4 is 58.6 Å². The lowest BCUT2D eigenvalue weighted by atomic mass is 9.83. The highest BCUT2D eigenvalue weighted by Gasteiger charge is 2.38. The van der Waals surface area contributed by atoms with Crippen LogP contribution in [0.25, 0.3) is 0 Å². The van der Waals surface area contributed by atoms with E-state index >= 15 is 0 Å². The van der Waals surface area contributed by atoms with Gasteiger partial charge >= 0.3 is 11.9 Å². The number of hydrogen-bond acceptors (Lipinski definition) is 13. The van der Waals surface area contributed by atoms with Gasteiger partial charge in [0.25, 0.3) is 17.7 Å². The molecule has 0 unspecified atom stereocenters. The number of aromatic nitrogens is 1. The van der Waals surface area contributed by atoms with Crippen LogP contribution in [0.1, 0.15) is 152 Å². The molecule has 0 spiro atoms. The number of benzene rings is 1. The summed E-state index contributed by atoms with van der Waals surface area (Å²) in [5, 5.41) is 8.61. The summed E-state index contributed by atoms with van der Waals surface area (Å²) in [5.74, 6) is -3.91. The third kappa shape index (κ3) is 16.1. The minimum absolute atomic E-state index is 0.0231. The first-order valence-electron chi connectivity index (χ1n) is 23.7. The van der Waals surface area contributed by atoms with Crippen LogP contribution >= 0.6 is 11.3 Å². The maximum Gasteiger partial charge on any atom is 0.333 e. The third-order valence-corrected chi connectivity index (χ3v) is 13.9. The number of rotatable bonds is 26. The molecule has 16 nitrogen and oxygen atoms in total. The third-order valence-electron chi connectivity index (χ3n) is 12.9. The minimum atomic E-state index is -0.847. The molecular formula is C49H72N6O10S. The highest BCUT2D eigenvalue weighted by Crippen LogP contribution is 2.33. The van der Waals surface area contributed by atoms with E-state index in [9.17, 15) is 38.4 Å². The summed E-state index contributed by atoms with van der Waals surface area (Å²) in [6, 6.07) is 8.63. The van der Waals surface area contributed by atoms with Crippen LogP contribution in [-0.2, 0) is 49.6 Å². The van der Waals surface area contributed by atoms with Crippen LogP contribution in [0, 0.1) is 23.7 Å². The van der Waals surface area contributed by atoms with E-state index in [1.165, 1.54) is 18.3 Å². The zero-order chi connectivity index (χ0) is 48.5. The van der Waals surface area contributed by atoms with E-state index in [4.69, 9.17) is 9.57 Å². The van der Waals surface area contributed by atoms with Crippen LogP contribution in [-0.4, -0.2) is 112 Å². The number of unbranched alkanes of at least 4 members (excludes halogenated alkanes) is 2. The molecule has 3 heterocycles. The number of ketones is 1. The molecule has 17 heteroatoms.